The van der Waals surface area contributed by atoms with Gasteiger partial charge in [-0.05, 0) is 33.9 Å². The highest BCUT2D eigenvalue weighted by Crippen LogP contribution is 2.20. The van der Waals surface area contributed by atoms with E-state index in [-0.39, 0.29) is 31.0 Å². The van der Waals surface area contributed by atoms with Gasteiger partial charge in [0.05, 0.1) is 12.9 Å². The van der Waals surface area contributed by atoms with Crippen LogP contribution in [-0.2, 0) is 19.6 Å². The molecule has 152 valence electrons. The molecular weight excluding hydrogens is 360 g/mol. The van der Waals surface area contributed by atoms with Gasteiger partial charge in [0.2, 0.25) is 15.9 Å². The van der Waals surface area contributed by atoms with E-state index >= 15 is 0 Å². The van der Waals surface area contributed by atoms with E-state index < -0.39 is 10.0 Å². The zero-order chi connectivity index (χ0) is 19.7. The number of amides is 2. The SMILES string of the molecule is CCOC(=O)N1CCC(N(CCC(=O)NCCN(C)C)S(C)(=O)=O)CC1. The van der Waals surface area contributed by atoms with Crippen LogP contribution in [0.15, 0.2) is 0 Å². The van der Waals surface area contributed by atoms with Crippen molar-refractivity contribution in [3.8, 4) is 0 Å². The predicted octanol–water partition coefficient (Wildman–Crippen LogP) is -0.0632. The molecule has 1 saturated heterocycles. The molecule has 1 aliphatic rings. The molecule has 0 aliphatic carbocycles. The smallest absolute Gasteiger partial charge is 0.409 e. The summed E-state index contributed by atoms with van der Waals surface area (Å²) in [5.74, 6) is -0.163. The number of likely N-dealkylation sites (tertiary alicyclic amines) is 1. The Morgan fingerprint density at radius 2 is 1.81 bits per heavy atom. The Labute approximate surface area is 156 Å². The third-order valence-electron chi connectivity index (χ3n) is 4.26. The van der Waals surface area contributed by atoms with Crippen molar-refractivity contribution in [2.45, 2.75) is 32.2 Å². The summed E-state index contributed by atoms with van der Waals surface area (Å²) in [5.41, 5.74) is 0. The van der Waals surface area contributed by atoms with Crippen LogP contribution in [-0.4, -0.2) is 100 Å². The fourth-order valence-electron chi connectivity index (χ4n) is 2.89. The highest BCUT2D eigenvalue weighted by atomic mass is 32.2. The van der Waals surface area contributed by atoms with Gasteiger partial charge in [-0.3, -0.25) is 4.79 Å². The van der Waals surface area contributed by atoms with E-state index in [1.165, 1.54) is 4.31 Å². The van der Waals surface area contributed by atoms with Gasteiger partial charge in [-0.2, -0.15) is 4.31 Å². The first-order valence-corrected chi connectivity index (χ1v) is 10.8. The molecule has 10 heteroatoms. The predicted molar refractivity (Wildman–Crippen MR) is 99.3 cm³/mol. The van der Waals surface area contributed by atoms with Gasteiger partial charge in [-0.25, -0.2) is 13.2 Å². The van der Waals surface area contributed by atoms with E-state index in [0.29, 0.717) is 39.1 Å². The van der Waals surface area contributed by atoms with Crippen LogP contribution in [0.1, 0.15) is 26.2 Å². The summed E-state index contributed by atoms with van der Waals surface area (Å²) >= 11 is 0. The fourth-order valence-corrected chi connectivity index (χ4v) is 4.06. The number of nitrogens with one attached hydrogen (secondary N) is 1. The second kappa shape index (κ2) is 10.7. The Kier molecular flexibility index (Phi) is 9.31. The van der Waals surface area contributed by atoms with Crippen molar-refractivity contribution in [1.82, 2.24) is 19.4 Å². The molecule has 0 unspecified atom stereocenters. The van der Waals surface area contributed by atoms with Gasteiger partial charge < -0.3 is 19.9 Å². The zero-order valence-electron chi connectivity index (χ0n) is 16.2. The van der Waals surface area contributed by atoms with Crippen molar-refractivity contribution in [2.24, 2.45) is 0 Å². The number of carbonyl (C=O) groups is 2. The van der Waals surface area contributed by atoms with Gasteiger partial charge in [0.15, 0.2) is 0 Å². The summed E-state index contributed by atoms with van der Waals surface area (Å²) in [5, 5.41) is 2.79. The highest BCUT2D eigenvalue weighted by Gasteiger charge is 2.32. The standard InChI is InChI=1S/C16H32N4O5S/c1-5-25-16(22)19-10-6-14(7-11-19)20(26(4,23)24)12-8-15(21)17-9-13-18(2)3/h14H,5-13H2,1-4H3,(H,17,21). The summed E-state index contributed by atoms with van der Waals surface area (Å²) in [7, 11) is 0.402. The van der Waals surface area contributed by atoms with Crippen LogP contribution in [0.5, 0.6) is 0 Å². The molecule has 2 amide bonds. The Bertz CT molecular complexity index is 559. The molecule has 1 heterocycles. The van der Waals surface area contributed by atoms with Crippen molar-refractivity contribution in [3.05, 3.63) is 0 Å². The van der Waals surface area contributed by atoms with Crippen molar-refractivity contribution >= 4 is 22.0 Å². The van der Waals surface area contributed by atoms with E-state index in [0.717, 1.165) is 12.8 Å². The van der Waals surface area contributed by atoms with E-state index in [1.54, 1.807) is 11.8 Å². The van der Waals surface area contributed by atoms with Crippen LogP contribution in [0, 0.1) is 0 Å². The van der Waals surface area contributed by atoms with Crippen LogP contribution >= 0.6 is 0 Å². The molecule has 0 aromatic carbocycles. The zero-order valence-corrected chi connectivity index (χ0v) is 17.0. The van der Waals surface area contributed by atoms with Crippen molar-refractivity contribution in [1.29, 1.82) is 0 Å². The molecule has 1 rings (SSSR count). The third kappa shape index (κ3) is 7.88. The first-order chi connectivity index (χ1) is 12.1. The maximum Gasteiger partial charge on any atom is 0.409 e. The number of ether oxygens (including phenoxy) is 1. The largest absolute Gasteiger partial charge is 0.450 e. The number of carbonyl (C=O) groups excluding carboxylic acids is 2. The topological polar surface area (TPSA) is 99.3 Å². The van der Waals surface area contributed by atoms with E-state index in [1.807, 2.05) is 19.0 Å². The van der Waals surface area contributed by atoms with Gasteiger partial charge >= 0.3 is 6.09 Å². The summed E-state index contributed by atoms with van der Waals surface area (Å²) in [6, 6.07) is -0.203. The van der Waals surface area contributed by atoms with E-state index in [2.05, 4.69) is 5.32 Å². The maximum atomic E-state index is 12.1. The van der Waals surface area contributed by atoms with Gasteiger partial charge in [-0.15, -0.1) is 0 Å². The molecule has 0 aromatic heterocycles. The lowest BCUT2D eigenvalue weighted by Crippen LogP contribution is -2.49. The average Bonchev–Trinajstić information content (AvgIpc) is 2.54. The summed E-state index contributed by atoms with van der Waals surface area (Å²) in [4.78, 5) is 27.2. The number of nitrogens with zero attached hydrogens (tertiary/aromatic N) is 3. The molecule has 0 spiro atoms. The molecular formula is C16H32N4O5S. The van der Waals surface area contributed by atoms with E-state index in [9.17, 15) is 18.0 Å². The number of hydrogen-bond acceptors (Lipinski definition) is 6. The molecule has 0 atom stereocenters. The van der Waals surface area contributed by atoms with Gasteiger partial charge in [-0.1, -0.05) is 0 Å². The number of likely N-dealkylation sites (N-methyl/N-ethyl adjacent to an activating group) is 1. The van der Waals surface area contributed by atoms with Crippen LogP contribution in [0.4, 0.5) is 4.79 Å². The third-order valence-corrected chi connectivity index (χ3v) is 5.60. The Balaban J connectivity index is 2.53. The molecule has 0 bridgehead atoms. The fraction of sp³-hybridized carbons (Fsp3) is 0.875. The number of sulfonamides is 1. The number of piperidine rings is 1. The van der Waals surface area contributed by atoms with E-state index in [4.69, 9.17) is 4.74 Å². The van der Waals surface area contributed by atoms with Crippen LogP contribution in [0.2, 0.25) is 0 Å². The average molecular weight is 393 g/mol. The molecule has 26 heavy (non-hydrogen) atoms. The molecule has 1 aliphatic heterocycles. The van der Waals surface area contributed by atoms with Crippen molar-refractivity contribution in [3.63, 3.8) is 0 Å². The maximum absolute atomic E-state index is 12.1. The first kappa shape index (κ1) is 22.7. The Hall–Kier alpha value is -1.39. The normalized spacial score (nSPS) is 16.2. The monoisotopic (exact) mass is 392 g/mol. The lowest BCUT2D eigenvalue weighted by atomic mass is 10.1. The number of hydrogen-bond donors (Lipinski definition) is 1. The summed E-state index contributed by atoms with van der Waals surface area (Å²) in [6.45, 7) is 4.37. The minimum atomic E-state index is -3.43. The minimum Gasteiger partial charge on any atom is -0.450 e. The lowest BCUT2D eigenvalue weighted by Gasteiger charge is -2.36. The molecule has 1 N–H and O–H groups in total. The lowest BCUT2D eigenvalue weighted by molar-refractivity contribution is -0.121. The second-order valence-electron chi connectivity index (χ2n) is 6.69. The Morgan fingerprint density at radius 3 is 2.31 bits per heavy atom. The summed E-state index contributed by atoms with van der Waals surface area (Å²) in [6.07, 6.45) is 1.99. The minimum absolute atomic E-state index is 0.124. The summed E-state index contributed by atoms with van der Waals surface area (Å²) < 4.78 is 30.7. The van der Waals surface area contributed by atoms with Crippen molar-refractivity contribution in [2.75, 3.05) is 59.7 Å². The molecule has 0 aromatic rings. The van der Waals surface area contributed by atoms with Crippen LogP contribution in [0.25, 0.3) is 0 Å². The quantitative estimate of drug-likeness (QED) is 0.590. The van der Waals surface area contributed by atoms with Gasteiger partial charge in [0, 0.05) is 45.2 Å². The molecule has 1 fully saturated rings. The Morgan fingerprint density at radius 1 is 1.19 bits per heavy atom. The first-order valence-electron chi connectivity index (χ1n) is 8.95. The second-order valence-corrected chi connectivity index (χ2v) is 8.63. The van der Waals surface area contributed by atoms with Crippen LogP contribution in [0.3, 0.4) is 0 Å². The number of rotatable bonds is 9. The van der Waals surface area contributed by atoms with Gasteiger partial charge in [0.1, 0.15) is 0 Å². The molecule has 0 radical (unpaired) electrons. The van der Waals surface area contributed by atoms with Crippen LogP contribution < -0.4 is 5.32 Å². The molecule has 9 nitrogen and oxygen atoms in total. The van der Waals surface area contributed by atoms with Crippen molar-refractivity contribution < 1.29 is 22.7 Å². The molecule has 0 saturated carbocycles. The highest BCUT2D eigenvalue weighted by molar-refractivity contribution is 7.88. The van der Waals surface area contributed by atoms with Gasteiger partial charge in [0.25, 0.3) is 0 Å².